The SMILES string of the molecule is O=C(NC(C(=O)O)C1CC1)C1CCN(C(=O)C2CC2)CC1. The van der Waals surface area contributed by atoms with Crippen molar-refractivity contribution in [3.05, 3.63) is 0 Å². The Hall–Kier alpha value is -1.59. The highest BCUT2D eigenvalue weighted by Crippen LogP contribution is 2.34. The first-order chi connectivity index (χ1) is 10.1. The molecule has 0 aromatic carbocycles. The van der Waals surface area contributed by atoms with E-state index in [1.807, 2.05) is 4.90 Å². The monoisotopic (exact) mass is 294 g/mol. The lowest BCUT2D eigenvalue weighted by Gasteiger charge is -2.32. The third-order valence-electron chi connectivity index (χ3n) is 4.76. The lowest BCUT2D eigenvalue weighted by atomic mass is 9.95. The largest absolute Gasteiger partial charge is 0.480 e. The van der Waals surface area contributed by atoms with Gasteiger partial charge in [-0.2, -0.15) is 0 Å². The number of rotatable bonds is 5. The average molecular weight is 294 g/mol. The maximum absolute atomic E-state index is 12.2. The fourth-order valence-electron chi connectivity index (χ4n) is 3.03. The summed E-state index contributed by atoms with van der Waals surface area (Å²) in [5.74, 6) is -0.700. The number of carboxylic acid groups (broad SMARTS) is 1. The molecule has 21 heavy (non-hydrogen) atoms. The number of hydrogen-bond acceptors (Lipinski definition) is 3. The molecule has 1 unspecified atom stereocenters. The molecule has 1 aliphatic heterocycles. The van der Waals surface area contributed by atoms with Gasteiger partial charge < -0.3 is 15.3 Å². The van der Waals surface area contributed by atoms with E-state index in [-0.39, 0.29) is 29.6 Å². The van der Waals surface area contributed by atoms with E-state index < -0.39 is 12.0 Å². The van der Waals surface area contributed by atoms with Gasteiger partial charge in [-0.1, -0.05) is 0 Å². The molecule has 1 atom stereocenters. The zero-order valence-electron chi connectivity index (χ0n) is 12.1. The summed E-state index contributed by atoms with van der Waals surface area (Å²) in [5.41, 5.74) is 0. The van der Waals surface area contributed by atoms with Crippen molar-refractivity contribution in [1.82, 2.24) is 10.2 Å². The van der Waals surface area contributed by atoms with Crippen molar-refractivity contribution in [2.24, 2.45) is 17.8 Å². The maximum Gasteiger partial charge on any atom is 0.326 e. The third kappa shape index (κ3) is 3.36. The normalized spacial score (nSPS) is 24.5. The van der Waals surface area contributed by atoms with E-state index in [1.54, 1.807) is 0 Å². The van der Waals surface area contributed by atoms with Crippen LogP contribution in [0.3, 0.4) is 0 Å². The van der Waals surface area contributed by atoms with Gasteiger partial charge in [-0.15, -0.1) is 0 Å². The summed E-state index contributed by atoms with van der Waals surface area (Å²) in [6.45, 7) is 1.24. The van der Waals surface area contributed by atoms with Crippen LogP contribution in [0.2, 0.25) is 0 Å². The average Bonchev–Trinajstić information content (AvgIpc) is 3.36. The lowest BCUT2D eigenvalue weighted by Crippen LogP contribution is -2.48. The van der Waals surface area contributed by atoms with Gasteiger partial charge >= 0.3 is 5.97 Å². The smallest absolute Gasteiger partial charge is 0.326 e. The molecule has 3 aliphatic rings. The van der Waals surface area contributed by atoms with Crippen LogP contribution in [-0.4, -0.2) is 46.9 Å². The van der Waals surface area contributed by atoms with Gasteiger partial charge in [-0.25, -0.2) is 4.79 Å². The minimum absolute atomic E-state index is 0.1000. The molecule has 0 aromatic heterocycles. The van der Waals surface area contributed by atoms with Crippen LogP contribution in [0.5, 0.6) is 0 Å². The van der Waals surface area contributed by atoms with Crippen LogP contribution in [0.15, 0.2) is 0 Å². The lowest BCUT2D eigenvalue weighted by molar-refractivity contribution is -0.143. The second-order valence-electron chi connectivity index (χ2n) is 6.54. The summed E-state index contributed by atoms with van der Waals surface area (Å²) in [6.07, 6.45) is 5.04. The predicted molar refractivity (Wildman–Crippen MR) is 74.3 cm³/mol. The predicted octanol–water partition coefficient (Wildman–Crippen LogP) is 0.614. The maximum atomic E-state index is 12.2. The van der Waals surface area contributed by atoms with Crippen LogP contribution in [-0.2, 0) is 14.4 Å². The summed E-state index contributed by atoms with van der Waals surface area (Å²) in [6, 6.07) is -0.733. The van der Waals surface area contributed by atoms with Crippen LogP contribution in [0.1, 0.15) is 38.5 Å². The van der Waals surface area contributed by atoms with Crippen molar-refractivity contribution in [3.63, 3.8) is 0 Å². The Morgan fingerprint density at radius 3 is 2.05 bits per heavy atom. The van der Waals surface area contributed by atoms with Gasteiger partial charge in [0.15, 0.2) is 0 Å². The molecule has 1 saturated heterocycles. The molecule has 2 saturated carbocycles. The van der Waals surface area contributed by atoms with Crippen molar-refractivity contribution in [3.8, 4) is 0 Å². The van der Waals surface area contributed by atoms with E-state index in [4.69, 9.17) is 5.11 Å². The van der Waals surface area contributed by atoms with Gasteiger partial charge in [-0.05, 0) is 44.4 Å². The summed E-state index contributed by atoms with van der Waals surface area (Å²) in [5, 5.41) is 11.8. The quantitative estimate of drug-likeness (QED) is 0.778. The molecule has 6 heteroatoms. The van der Waals surface area contributed by atoms with Crippen LogP contribution < -0.4 is 5.32 Å². The first-order valence-electron chi connectivity index (χ1n) is 7.88. The first kappa shape index (κ1) is 14.4. The molecule has 2 aliphatic carbocycles. The fourth-order valence-corrected chi connectivity index (χ4v) is 3.03. The number of aliphatic carboxylic acids is 1. The first-order valence-corrected chi connectivity index (χ1v) is 7.88. The molecule has 6 nitrogen and oxygen atoms in total. The highest BCUT2D eigenvalue weighted by Gasteiger charge is 2.40. The Morgan fingerprint density at radius 2 is 1.57 bits per heavy atom. The zero-order chi connectivity index (χ0) is 15.0. The second kappa shape index (κ2) is 5.66. The number of hydrogen-bond donors (Lipinski definition) is 2. The Kier molecular flexibility index (Phi) is 3.87. The number of amides is 2. The molecule has 3 rings (SSSR count). The zero-order valence-corrected chi connectivity index (χ0v) is 12.1. The minimum Gasteiger partial charge on any atom is -0.480 e. The molecule has 0 spiro atoms. The number of nitrogens with one attached hydrogen (secondary N) is 1. The molecule has 1 heterocycles. The fraction of sp³-hybridized carbons (Fsp3) is 0.800. The van der Waals surface area contributed by atoms with Crippen LogP contribution in [0.4, 0.5) is 0 Å². The molecular formula is C15H22N2O4. The van der Waals surface area contributed by atoms with E-state index in [0.29, 0.717) is 25.9 Å². The van der Waals surface area contributed by atoms with Crippen LogP contribution in [0, 0.1) is 17.8 Å². The van der Waals surface area contributed by atoms with Crippen molar-refractivity contribution < 1.29 is 19.5 Å². The Bertz CT molecular complexity index is 449. The van der Waals surface area contributed by atoms with Gasteiger partial charge in [0.25, 0.3) is 0 Å². The Balaban J connectivity index is 1.48. The molecule has 3 fully saturated rings. The Labute approximate surface area is 123 Å². The minimum atomic E-state index is -0.938. The van der Waals surface area contributed by atoms with Gasteiger partial charge in [0.2, 0.25) is 11.8 Å². The molecule has 2 N–H and O–H groups in total. The molecule has 116 valence electrons. The van der Waals surface area contributed by atoms with E-state index in [0.717, 1.165) is 25.7 Å². The number of likely N-dealkylation sites (tertiary alicyclic amines) is 1. The van der Waals surface area contributed by atoms with Crippen molar-refractivity contribution in [2.75, 3.05) is 13.1 Å². The summed E-state index contributed by atoms with van der Waals surface area (Å²) < 4.78 is 0. The number of nitrogens with zero attached hydrogens (tertiary/aromatic N) is 1. The van der Waals surface area contributed by atoms with Gasteiger partial charge in [0.1, 0.15) is 6.04 Å². The number of carbonyl (C=O) groups excluding carboxylic acids is 2. The molecular weight excluding hydrogens is 272 g/mol. The van der Waals surface area contributed by atoms with Gasteiger partial charge in [0.05, 0.1) is 0 Å². The van der Waals surface area contributed by atoms with E-state index >= 15 is 0 Å². The van der Waals surface area contributed by atoms with Crippen molar-refractivity contribution in [2.45, 2.75) is 44.6 Å². The highest BCUT2D eigenvalue weighted by atomic mass is 16.4. The number of carbonyl (C=O) groups is 3. The third-order valence-corrected chi connectivity index (χ3v) is 4.76. The van der Waals surface area contributed by atoms with Crippen LogP contribution in [0.25, 0.3) is 0 Å². The standard InChI is InChI=1S/C15H22N2O4/c18-13(16-12(15(20)21)9-1-2-9)10-5-7-17(8-6-10)14(19)11-3-4-11/h9-12H,1-8H2,(H,16,18)(H,20,21). The van der Waals surface area contributed by atoms with Crippen molar-refractivity contribution >= 4 is 17.8 Å². The van der Waals surface area contributed by atoms with Gasteiger partial charge in [-0.3, -0.25) is 9.59 Å². The van der Waals surface area contributed by atoms with Crippen molar-refractivity contribution in [1.29, 1.82) is 0 Å². The van der Waals surface area contributed by atoms with E-state index in [1.165, 1.54) is 0 Å². The van der Waals surface area contributed by atoms with E-state index in [2.05, 4.69) is 5.32 Å². The molecule has 0 radical (unpaired) electrons. The molecule has 0 bridgehead atoms. The summed E-state index contributed by atoms with van der Waals surface area (Å²) >= 11 is 0. The molecule has 0 aromatic rings. The van der Waals surface area contributed by atoms with Crippen LogP contribution >= 0.6 is 0 Å². The van der Waals surface area contributed by atoms with Gasteiger partial charge in [0, 0.05) is 24.9 Å². The summed E-state index contributed by atoms with van der Waals surface area (Å²) in [4.78, 5) is 37.2. The number of piperidine rings is 1. The highest BCUT2D eigenvalue weighted by molar-refractivity contribution is 5.86. The van der Waals surface area contributed by atoms with E-state index in [9.17, 15) is 14.4 Å². The topological polar surface area (TPSA) is 86.7 Å². The molecule has 2 amide bonds. The number of carboxylic acids is 1. The summed E-state index contributed by atoms with van der Waals surface area (Å²) in [7, 11) is 0. The second-order valence-corrected chi connectivity index (χ2v) is 6.54. The Morgan fingerprint density at radius 1 is 0.952 bits per heavy atom.